The molecule has 2 N–H and O–H groups in total. The van der Waals surface area contributed by atoms with Gasteiger partial charge in [-0.05, 0) is 49.9 Å². The van der Waals surface area contributed by atoms with Gasteiger partial charge >= 0.3 is 6.03 Å². The van der Waals surface area contributed by atoms with Gasteiger partial charge in [-0.2, -0.15) is 0 Å². The molecule has 0 spiro atoms. The lowest BCUT2D eigenvalue weighted by Gasteiger charge is -2.33. The highest BCUT2D eigenvalue weighted by molar-refractivity contribution is 6.31. The van der Waals surface area contributed by atoms with Crippen LogP contribution >= 0.6 is 11.6 Å². The second kappa shape index (κ2) is 11.4. The molecule has 0 unspecified atom stereocenters. The number of rotatable bonds is 6. The number of urea groups is 1. The number of hydrogen-bond donors (Lipinski definition) is 2. The number of morpholine rings is 1. The molecule has 1 saturated carbocycles. The highest BCUT2D eigenvalue weighted by atomic mass is 35.5. The number of methoxy groups -OCH3 is 1. The zero-order valence-electron chi connectivity index (χ0n) is 20.5. The van der Waals surface area contributed by atoms with Crippen LogP contribution in [0.4, 0.5) is 20.8 Å². The Labute approximate surface area is 219 Å². The average Bonchev–Trinajstić information content (AvgIpc) is 2.92. The predicted octanol–water partition coefficient (Wildman–Crippen LogP) is 4.91. The van der Waals surface area contributed by atoms with Gasteiger partial charge in [-0.25, -0.2) is 19.2 Å². The number of halogens is 2. The number of amides is 2. The van der Waals surface area contributed by atoms with Crippen LogP contribution in [0.1, 0.15) is 25.7 Å². The van der Waals surface area contributed by atoms with Gasteiger partial charge in [0, 0.05) is 42.5 Å². The molecule has 11 heteroatoms. The van der Waals surface area contributed by atoms with E-state index in [1.54, 1.807) is 19.4 Å². The van der Waals surface area contributed by atoms with Crippen molar-refractivity contribution in [2.24, 2.45) is 0 Å². The van der Waals surface area contributed by atoms with Gasteiger partial charge in [-0.1, -0.05) is 11.6 Å². The highest BCUT2D eigenvalue weighted by Gasteiger charge is 2.26. The number of nitrogens with zero attached hydrogens (tertiary/aromatic N) is 3. The molecule has 0 radical (unpaired) electrons. The second-order valence-electron chi connectivity index (χ2n) is 9.15. The zero-order valence-corrected chi connectivity index (χ0v) is 21.3. The van der Waals surface area contributed by atoms with E-state index in [1.807, 2.05) is 17.0 Å². The minimum atomic E-state index is -0.491. The average molecular weight is 530 g/mol. The molecule has 196 valence electrons. The fourth-order valence-corrected chi connectivity index (χ4v) is 4.77. The Morgan fingerprint density at radius 2 is 1.92 bits per heavy atom. The SMILES string of the molecule is COc1cc2nc(Nc3ccc(F)c(Cl)c3)ncc2cc1O[C@H]1CC[C@H](NC(=O)N2CCOCC2)CC1. The Bertz CT molecular complexity index is 1270. The van der Waals surface area contributed by atoms with E-state index in [0.29, 0.717) is 55.0 Å². The standard InChI is InChI=1S/C26H29ClFN5O4/c1-35-23-14-22-16(15-29-25(32-22)30-18-4-7-21(28)20(27)13-18)12-24(23)37-19-5-2-17(3-6-19)31-26(34)33-8-10-36-11-9-33/h4,7,12-15,17,19H,2-3,5-6,8-11H2,1H3,(H,31,34)(H,29,30,32)/t17-,19-. The fourth-order valence-electron chi connectivity index (χ4n) is 4.59. The largest absolute Gasteiger partial charge is 0.493 e. The van der Waals surface area contributed by atoms with Crippen molar-refractivity contribution >= 4 is 40.2 Å². The number of nitrogens with one attached hydrogen (secondary N) is 2. The highest BCUT2D eigenvalue weighted by Crippen LogP contribution is 2.35. The van der Waals surface area contributed by atoms with Gasteiger partial charge in [0.1, 0.15) is 5.82 Å². The van der Waals surface area contributed by atoms with Crippen LogP contribution in [0.3, 0.4) is 0 Å². The van der Waals surface area contributed by atoms with Crippen molar-refractivity contribution in [3.05, 3.63) is 47.4 Å². The third kappa shape index (κ3) is 6.14. The van der Waals surface area contributed by atoms with Crippen molar-refractivity contribution in [2.75, 3.05) is 38.7 Å². The third-order valence-electron chi connectivity index (χ3n) is 6.63. The summed E-state index contributed by atoms with van der Waals surface area (Å²) in [7, 11) is 1.59. The van der Waals surface area contributed by atoms with E-state index in [2.05, 4.69) is 20.6 Å². The molecule has 0 bridgehead atoms. The number of ether oxygens (including phenoxy) is 3. The second-order valence-corrected chi connectivity index (χ2v) is 9.56. The Balaban J connectivity index is 1.21. The summed E-state index contributed by atoms with van der Waals surface area (Å²) in [5.74, 6) is 1.06. The molecule has 9 nitrogen and oxygen atoms in total. The first kappa shape index (κ1) is 25.3. The lowest BCUT2D eigenvalue weighted by Crippen LogP contribution is -2.50. The smallest absolute Gasteiger partial charge is 0.317 e. The zero-order chi connectivity index (χ0) is 25.8. The molecule has 2 amide bonds. The number of carbonyl (C=O) groups is 1. The van der Waals surface area contributed by atoms with Crippen molar-refractivity contribution in [1.29, 1.82) is 0 Å². The molecular weight excluding hydrogens is 501 g/mol. The normalized spacial score (nSPS) is 19.9. The maximum absolute atomic E-state index is 13.4. The van der Waals surface area contributed by atoms with Crippen molar-refractivity contribution in [2.45, 2.75) is 37.8 Å². The number of aromatic nitrogens is 2. The van der Waals surface area contributed by atoms with E-state index in [-0.39, 0.29) is 23.2 Å². The first-order valence-corrected chi connectivity index (χ1v) is 12.7. The van der Waals surface area contributed by atoms with Crippen LogP contribution in [0.5, 0.6) is 11.5 Å². The Morgan fingerprint density at radius 1 is 1.14 bits per heavy atom. The Morgan fingerprint density at radius 3 is 2.65 bits per heavy atom. The number of anilines is 2. The van der Waals surface area contributed by atoms with Crippen LogP contribution < -0.4 is 20.1 Å². The molecule has 2 aliphatic rings. The molecule has 2 fully saturated rings. The summed E-state index contributed by atoms with van der Waals surface area (Å²) in [6.07, 6.45) is 5.07. The third-order valence-corrected chi connectivity index (χ3v) is 6.92. The summed E-state index contributed by atoms with van der Waals surface area (Å²) < 4.78 is 30.7. The maximum Gasteiger partial charge on any atom is 0.317 e. The molecule has 5 rings (SSSR count). The van der Waals surface area contributed by atoms with Gasteiger partial charge in [0.15, 0.2) is 11.5 Å². The summed E-state index contributed by atoms with van der Waals surface area (Å²) in [5, 5.41) is 7.00. The van der Waals surface area contributed by atoms with Crippen molar-refractivity contribution in [3.8, 4) is 11.5 Å². The fraction of sp³-hybridized carbons (Fsp3) is 0.423. The van der Waals surface area contributed by atoms with Gasteiger partial charge in [0.25, 0.3) is 0 Å². The number of fused-ring (bicyclic) bond motifs is 1. The van der Waals surface area contributed by atoms with Crippen LogP contribution in [-0.4, -0.2) is 66.5 Å². The van der Waals surface area contributed by atoms with Crippen LogP contribution in [0.15, 0.2) is 36.5 Å². The van der Waals surface area contributed by atoms with E-state index in [1.165, 1.54) is 12.1 Å². The van der Waals surface area contributed by atoms with Gasteiger partial charge < -0.3 is 29.7 Å². The van der Waals surface area contributed by atoms with Crippen LogP contribution in [0.25, 0.3) is 10.9 Å². The predicted molar refractivity (Wildman–Crippen MR) is 138 cm³/mol. The molecule has 2 heterocycles. The minimum absolute atomic E-state index is 0.0137. The molecule has 3 aromatic rings. The van der Waals surface area contributed by atoms with E-state index >= 15 is 0 Å². The molecule has 1 aromatic heterocycles. The number of carbonyl (C=O) groups excluding carboxylic acids is 1. The van der Waals surface area contributed by atoms with Gasteiger partial charge in [-0.3, -0.25) is 0 Å². The van der Waals surface area contributed by atoms with Crippen molar-refractivity contribution in [3.63, 3.8) is 0 Å². The van der Waals surface area contributed by atoms with E-state index in [9.17, 15) is 9.18 Å². The van der Waals surface area contributed by atoms with E-state index < -0.39 is 5.82 Å². The minimum Gasteiger partial charge on any atom is -0.493 e. The number of benzene rings is 2. The molecule has 0 atom stereocenters. The van der Waals surface area contributed by atoms with Crippen LogP contribution in [-0.2, 0) is 4.74 Å². The summed E-state index contributed by atoms with van der Waals surface area (Å²) in [4.78, 5) is 23.2. The van der Waals surface area contributed by atoms with Crippen molar-refractivity contribution < 1.29 is 23.4 Å². The summed E-state index contributed by atoms with van der Waals surface area (Å²) in [6, 6.07) is 8.13. The lowest BCUT2D eigenvalue weighted by atomic mass is 9.93. The quantitative estimate of drug-likeness (QED) is 0.468. The molecular formula is C26H29ClFN5O4. The summed E-state index contributed by atoms with van der Waals surface area (Å²) in [5.41, 5.74) is 1.25. The van der Waals surface area contributed by atoms with Gasteiger partial charge in [-0.15, -0.1) is 0 Å². The van der Waals surface area contributed by atoms with Gasteiger partial charge in [0.05, 0.1) is 37.0 Å². The van der Waals surface area contributed by atoms with E-state index in [0.717, 1.165) is 31.1 Å². The maximum atomic E-state index is 13.4. The molecule has 1 aliphatic carbocycles. The summed E-state index contributed by atoms with van der Waals surface area (Å²) >= 11 is 5.86. The molecule has 2 aromatic carbocycles. The van der Waals surface area contributed by atoms with E-state index in [4.69, 9.17) is 25.8 Å². The van der Waals surface area contributed by atoms with Gasteiger partial charge in [0.2, 0.25) is 5.95 Å². The lowest BCUT2D eigenvalue weighted by molar-refractivity contribution is 0.0514. The van der Waals surface area contributed by atoms with Crippen LogP contribution in [0.2, 0.25) is 5.02 Å². The Kier molecular flexibility index (Phi) is 7.76. The monoisotopic (exact) mass is 529 g/mol. The topological polar surface area (TPSA) is 97.8 Å². The molecule has 1 saturated heterocycles. The first-order valence-electron chi connectivity index (χ1n) is 12.3. The first-order chi connectivity index (χ1) is 18.0. The molecule has 37 heavy (non-hydrogen) atoms. The molecule has 1 aliphatic heterocycles. The van der Waals surface area contributed by atoms with Crippen LogP contribution in [0, 0.1) is 5.82 Å². The van der Waals surface area contributed by atoms with Crippen molar-refractivity contribution in [1.82, 2.24) is 20.2 Å². The number of hydrogen-bond acceptors (Lipinski definition) is 7. The summed E-state index contributed by atoms with van der Waals surface area (Å²) in [6.45, 7) is 2.45. The Hall–Kier alpha value is -3.37.